The number of nitrogens with one attached hydrogen (secondary N) is 1. The fourth-order valence-electron chi connectivity index (χ4n) is 3.31. The van der Waals surface area contributed by atoms with E-state index < -0.39 is 0 Å². The maximum Gasteiger partial charge on any atom is 0.253 e. The van der Waals surface area contributed by atoms with Crippen molar-refractivity contribution in [3.8, 4) is 0 Å². The van der Waals surface area contributed by atoms with Gasteiger partial charge in [0, 0.05) is 36.3 Å². The minimum absolute atomic E-state index is 0.0696. The van der Waals surface area contributed by atoms with Crippen LogP contribution >= 0.6 is 11.3 Å². The van der Waals surface area contributed by atoms with Crippen molar-refractivity contribution in [3.63, 3.8) is 0 Å². The second-order valence-corrected chi connectivity index (χ2v) is 7.41. The van der Waals surface area contributed by atoms with Gasteiger partial charge in [-0.1, -0.05) is 29.5 Å². The molecule has 1 fully saturated rings. The number of likely N-dealkylation sites (tertiary alicyclic amines) is 1. The number of aryl methyl sites for hydroxylation is 1. The van der Waals surface area contributed by atoms with E-state index in [4.69, 9.17) is 0 Å². The third-order valence-electron chi connectivity index (χ3n) is 4.56. The van der Waals surface area contributed by atoms with E-state index in [-0.39, 0.29) is 11.8 Å². The van der Waals surface area contributed by atoms with Crippen LogP contribution in [-0.4, -0.2) is 44.1 Å². The van der Waals surface area contributed by atoms with Crippen molar-refractivity contribution in [1.82, 2.24) is 25.1 Å². The normalized spacial score (nSPS) is 16.9. The Morgan fingerprint density at radius 2 is 2.11 bits per heavy atom. The van der Waals surface area contributed by atoms with Crippen LogP contribution in [0.3, 0.4) is 0 Å². The van der Waals surface area contributed by atoms with Crippen molar-refractivity contribution >= 4 is 28.2 Å². The minimum Gasteiger partial charge on any atom is -0.338 e. The van der Waals surface area contributed by atoms with Gasteiger partial charge in [0.1, 0.15) is 17.2 Å². The number of benzene rings is 1. The minimum atomic E-state index is 0.0696. The number of hydrogen-bond acceptors (Lipinski definition) is 7. The van der Waals surface area contributed by atoms with Crippen LogP contribution in [0.5, 0.6) is 0 Å². The molecule has 1 unspecified atom stereocenters. The van der Waals surface area contributed by atoms with Gasteiger partial charge >= 0.3 is 0 Å². The molecule has 1 aliphatic rings. The zero-order chi connectivity index (χ0) is 18.6. The second kappa shape index (κ2) is 7.79. The summed E-state index contributed by atoms with van der Waals surface area (Å²) in [6.45, 7) is 3.35. The topological polar surface area (TPSA) is 83.9 Å². The number of nitrogens with zero attached hydrogens (tertiary/aromatic N) is 5. The van der Waals surface area contributed by atoms with Gasteiger partial charge in [-0.25, -0.2) is 9.97 Å². The first-order valence-electron chi connectivity index (χ1n) is 8.92. The first kappa shape index (κ1) is 17.5. The van der Waals surface area contributed by atoms with Crippen molar-refractivity contribution in [3.05, 3.63) is 59.0 Å². The van der Waals surface area contributed by atoms with E-state index in [2.05, 4.69) is 25.5 Å². The van der Waals surface area contributed by atoms with E-state index in [1.165, 1.54) is 11.3 Å². The summed E-state index contributed by atoms with van der Waals surface area (Å²) in [7, 11) is 0. The van der Waals surface area contributed by atoms with Gasteiger partial charge < -0.3 is 10.2 Å². The van der Waals surface area contributed by atoms with Gasteiger partial charge in [0.05, 0.1) is 0 Å². The number of carbonyl (C=O) groups is 1. The smallest absolute Gasteiger partial charge is 0.253 e. The molecule has 1 saturated heterocycles. The largest absolute Gasteiger partial charge is 0.338 e. The summed E-state index contributed by atoms with van der Waals surface area (Å²) in [4.78, 5) is 24.0. The Hall–Kier alpha value is -2.87. The maximum atomic E-state index is 12.8. The first-order valence-corrected chi connectivity index (χ1v) is 9.80. The molecule has 0 spiro atoms. The highest BCUT2D eigenvalue weighted by atomic mass is 32.1. The molecule has 1 aliphatic heterocycles. The summed E-state index contributed by atoms with van der Waals surface area (Å²) in [6, 6.07) is 11.3. The molecule has 4 rings (SSSR count). The van der Waals surface area contributed by atoms with Crippen LogP contribution in [0.4, 0.5) is 10.9 Å². The zero-order valence-electron chi connectivity index (χ0n) is 15.0. The molecule has 7 nitrogen and oxygen atoms in total. The molecule has 138 valence electrons. The van der Waals surface area contributed by atoms with Crippen LogP contribution in [0.15, 0.2) is 41.9 Å². The predicted octanol–water partition coefficient (Wildman–Crippen LogP) is 3.40. The van der Waals surface area contributed by atoms with Crippen molar-refractivity contribution in [2.45, 2.75) is 25.7 Å². The van der Waals surface area contributed by atoms with Crippen LogP contribution in [-0.2, 0) is 0 Å². The van der Waals surface area contributed by atoms with Crippen LogP contribution in [0.2, 0.25) is 0 Å². The van der Waals surface area contributed by atoms with E-state index in [9.17, 15) is 4.79 Å². The summed E-state index contributed by atoms with van der Waals surface area (Å²) in [5.74, 6) is 1.68. The predicted molar refractivity (Wildman–Crippen MR) is 104 cm³/mol. The van der Waals surface area contributed by atoms with Gasteiger partial charge in [-0.3, -0.25) is 4.79 Å². The fourth-order valence-corrected chi connectivity index (χ4v) is 3.76. The Bertz CT molecular complexity index is 915. The lowest BCUT2D eigenvalue weighted by atomic mass is 9.96. The Morgan fingerprint density at radius 1 is 1.26 bits per heavy atom. The SMILES string of the molecule is Cc1cc(Nc2nncs2)nc(C2CCCN(C(=O)c3ccccc3)C2)n1. The monoisotopic (exact) mass is 380 g/mol. The van der Waals surface area contributed by atoms with Crippen LogP contribution in [0.1, 0.15) is 40.6 Å². The van der Waals surface area contributed by atoms with E-state index in [0.29, 0.717) is 17.5 Å². The molecule has 0 radical (unpaired) electrons. The molecule has 3 aromatic rings. The molecule has 1 atom stereocenters. The zero-order valence-corrected chi connectivity index (χ0v) is 15.8. The van der Waals surface area contributed by atoms with Crippen molar-refractivity contribution in [2.24, 2.45) is 0 Å². The first-order chi connectivity index (χ1) is 13.2. The number of amides is 1. The Balaban J connectivity index is 1.52. The Kier molecular flexibility index (Phi) is 5.06. The van der Waals surface area contributed by atoms with Gasteiger partial charge in [-0.05, 0) is 31.9 Å². The summed E-state index contributed by atoms with van der Waals surface area (Å²) in [5.41, 5.74) is 3.28. The van der Waals surface area contributed by atoms with Crippen LogP contribution in [0, 0.1) is 6.92 Å². The van der Waals surface area contributed by atoms with E-state index in [1.807, 2.05) is 48.2 Å². The van der Waals surface area contributed by atoms with Crippen LogP contribution in [0.25, 0.3) is 0 Å². The average Bonchev–Trinajstić information content (AvgIpc) is 3.21. The van der Waals surface area contributed by atoms with Gasteiger partial charge in [0.2, 0.25) is 5.13 Å². The molecule has 0 bridgehead atoms. The summed E-state index contributed by atoms with van der Waals surface area (Å²) >= 11 is 1.42. The molecule has 0 saturated carbocycles. The standard InChI is InChI=1S/C19H20N6OS/c1-13-10-16(23-19-24-20-12-27-19)22-17(21-13)15-8-5-9-25(11-15)18(26)14-6-3-2-4-7-14/h2-4,6-7,10,12,15H,5,8-9,11H2,1H3,(H,21,22,23,24). The van der Waals surface area contributed by atoms with Gasteiger partial charge in [-0.15, -0.1) is 10.2 Å². The van der Waals surface area contributed by atoms with Crippen molar-refractivity contribution < 1.29 is 4.79 Å². The summed E-state index contributed by atoms with van der Waals surface area (Å²) in [6.07, 6.45) is 1.92. The highest BCUT2D eigenvalue weighted by Gasteiger charge is 2.27. The number of carbonyl (C=O) groups excluding carboxylic acids is 1. The fraction of sp³-hybridized carbons (Fsp3) is 0.316. The molecule has 27 heavy (non-hydrogen) atoms. The van der Waals surface area contributed by atoms with E-state index in [1.54, 1.807) is 5.51 Å². The third-order valence-corrected chi connectivity index (χ3v) is 5.17. The molecular weight excluding hydrogens is 360 g/mol. The summed E-state index contributed by atoms with van der Waals surface area (Å²) < 4.78 is 0. The number of piperidine rings is 1. The molecule has 0 aliphatic carbocycles. The molecule has 1 aromatic carbocycles. The highest BCUT2D eigenvalue weighted by Crippen LogP contribution is 2.27. The number of hydrogen-bond donors (Lipinski definition) is 1. The molecule has 1 N–H and O–H groups in total. The van der Waals surface area contributed by atoms with Gasteiger partial charge in [0.15, 0.2) is 0 Å². The van der Waals surface area contributed by atoms with Crippen molar-refractivity contribution in [2.75, 3.05) is 18.4 Å². The van der Waals surface area contributed by atoms with E-state index in [0.717, 1.165) is 36.5 Å². The highest BCUT2D eigenvalue weighted by molar-refractivity contribution is 7.13. The lowest BCUT2D eigenvalue weighted by Crippen LogP contribution is -2.39. The second-order valence-electron chi connectivity index (χ2n) is 6.58. The van der Waals surface area contributed by atoms with E-state index >= 15 is 0 Å². The van der Waals surface area contributed by atoms with Crippen LogP contribution < -0.4 is 5.32 Å². The van der Waals surface area contributed by atoms with Gasteiger partial charge in [0.25, 0.3) is 5.91 Å². The molecule has 2 aromatic heterocycles. The Morgan fingerprint density at radius 3 is 2.89 bits per heavy atom. The molecule has 3 heterocycles. The lowest BCUT2D eigenvalue weighted by molar-refractivity contribution is 0.0704. The number of aromatic nitrogens is 4. The number of anilines is 2. The molecular formula is C19H20N6OS. The molecule has 1 amide bonds. The van der Waals surface area contributed by atoms with Crippen molar-refractivity contribution in [1.29, 1.82) is 0 Å². The lowest BCUT2D eigenvalue weighted by Gasteiger charge is -2.32. The number of rotatable bonds is 4. The molecule has 8 heteroatoms. The van der Waals surface area contributed by atoms with Gasteiger partial charge in [-0.2, -0.15) is 0 Å². The maximum absolute atomic E-state index is 12.8. The average molecular weight is 380 g/mol. The quantitative estimate of drug-likeness (QED) is 0.747. The summed E-state index contributed by atoms with van der Waals surface area (Å²) in [5, 5.41) is 11.7. The Labute approximate surface area is 161 Å². The third kappa shape index (κ3) is 4.11.